The van der Waals surface area contributed by atoms with Crippen molar-refractivity contribution in [2.24, 2.45) is 0 Å². The second kappa shape index (κ2) is 8.16. The minimum absolute atomic E-state index is 0.0624. The molecular weight excluding hydrogens is 432 g/mol. The molecule has 1 aliphatic rings. The third-order valence-corrected chi connectivity index (χ3v) is 4.84. The first kappa shape index (κ1) is 21.3. The summed E-state index contributed by atoms with van der Waals surface area (Å²) in [5, 5.41) is 0.439. The van der Waals surface area contributed by atoms with Crippen molar-refractivity contribution in [1.29, 1.82) is 0 Å². The highest BCUT2D eigenvalue weighted by Gasteiger charge is 2.48. The van der Waals surface area contributed by atoms with E-state index in [0.717, 1.165) is 25.2 Å². The van der Waals surface area contributed by atoms with E-state index in [1.807, 2.05) is 13.0 Å². The Balaban J connectivity index is 2.00. The monoisotopic (exact) mass is 446 g/mol. The molecule has 0 amide bonds. The van der Waals surface area contributed by atoms with E-state index in [0.29, 0.717) is 10.8 Å². The van der Waals surface area contributed by atoms with Gasteiger partial charge in [-0.3, -0.25) is 0 Å². The summed E-state index contributed by atoms with van der Waals surface area (Å²) < 4.78 is 55.3. The molecule has 1 aliphatic heterocycles. The number of hydrogen-bond acceptors (Lipinski definition) is 4. The van der Waals surface area contributed by atoms with Crippen LogP contribution >= 0.6 is 23.2 Å². The SMILES string of the molecule is CCc1ccc(Oc2cc3c(cc2Cl)C=C(C(=O)OC)C(C(F)(F)F)O3)c(Cl)c1. The number of hydrogen-bond donors (Lipinski definition) is 0. The zero-order chi connectivity index (χ0) is 21.3. The van der Waals surface area contributed by atoms with Crippen LogP contribution in [0, 0.1) is 0 Å². The lowest BCUT2D eigenvalue weighted by Crippen LogP contribution is -2.40. The van der Waals surface area contributed by atoms with Gasteiger partial charge in [0, 0.05) is 11.6 Å². The number of fused-ring (bicyclic) bond motifs is 1. The normalized spacial score (nSPS) is 15.8. The van der Waals surface area contributed by atoms with Crippen LogP contribution in [-0.4, -0.2) is 25.4 Å². The number of rotatable bonds is 4. The Morgan fingerprint density at radius 1 is 1.14 bits per heavy atom. The lowest BCUT2D eigenvalue weighted by atomic mass is 10.0. The molecule has 9 heteroatoms. The predicted molar refractivity (Wildman–Crippen MR) is 103 cm³/mol. The number of aryl methyl sites for hydroxylation is 1. The summed E-state index contributed by atoms with van der Waals surface area (Å²) >= 11 is 12.4. The van der Waals surface area contributed by atoms with Gasteiger partial charge in [0.1, 0.15) is 17.2 Å². The molecule has 29 heavy (non-hydrogen) atoms. The Labute approximate surface area is 174 Å². The standard InChI is InChI=1S/C20H15Cl2F3O4/c1-3-10-4-5-15(13(21)6-10)28-17-9-16-11(8-14(17)22)7-12(19(26)27-2)18(29-16)20(23,24)25/h4-9,18H,3H2,1-2H3. The van der Waals surface area contributed by atoms with Gasteiger partial charge in [-0.25, -0.2) is 4.79 Å². The molecule has 2 aromatic rings. The molecule has 0 radical (unpaired) electrons. The van der Waals surface area contributed by atoms with Gasteiger partial charge < -0.3 is 14.2 Å². The zero-order valence-electron chi connectivity index (χ0n) is 15.3. The van der Waals surface area contributed by atoms with E-state index in [9.17, 15) is 18.0 Å². The van der Waals surface area contributed by atoms with Crippen LogP contribution in [-0.2, 0) is 16.0 Å². The number of benzene rings is 2. The largest absolute Gasteiger partial charge is 0.475 e. The van der Waals surface area contributed by atoms with E-state index in [1.54, 1.807) is 12.1 Å². The van der Waals surface area contributed by atoms with Gasteiger partial charge in [-0.1, -0.05) is 36.2 Å². The van der Waals surface area contributed by atoms with Gasteiger partial charge in [-0.05, 0) is 36.3 Å². The summed E-state index contributed by atoms with van der Waals surface area (Å²) in [6.45, 7) is 1.97. The Bertz CT molecular complexity index is 986. The van der Waals surface area contributed by atoms with Crippen LogP contribution in [0.2, 0.25) is 10.0 Å². The summed E-state index contributed by atoms with van der Waals surface area (Å²) in [7, 11) is 0.990. The Morgan fingerprint density at radius 2 is 1.83 bits per heavy atom. The second-order valence-corrected chi connectivity index (χ2v) is 6.99. The van der Waals surface area contributed by atoms with Crippen LogP contribution in [0.1, 0.15) is 18.1 Å². The molecule has 0 N–H and O–H groups in total. The minimum Gasteiger partial charge on any atom is -0.475 e. The van der Waals surface area contributed by atoms with Crippen LogP contribution in [0.3, 0.4) is 0 Å². The molecule has 0 spiro atoms. The van der Waals surface area contributed by atoms with Crippen molar-refractivity contribution in [2.75, 3.05) is 7.11 Å². The molecule has 0 saturated carbocycles. The van der Waals surface area contributed by atoms with E-state index in [-0.39, 0.29) is 22.1 Å². The van der Waals surface area contributed by atoms with E-state index in [1.165, 1.54) is 12.1 Å². The molecule has 0 saturated heterocycles. The molecule has 0 bridgehead atoms. The van der Waals surface area contributed by atoms with Gasteiger partial charge in [0.15, 0.2) is 0 Å². The smallest absolute Gasteiger partial charge is 0.430 e. The molecule has 0 aromatic heterocycles. The van der Waals surface area contributed by atoms with Crippen molar-refractivity contribution in [2.45, 2.75) is 25.6 Å². The van der Waals surface area contributed by atoms with Crippen molar-refractivity contribution in [3.8, 4) is 17.2 Å². The molecular formula is C20H15Cl2F3O4. The number of esters is 1. The van der Waals surface area contributed by atoms with Crippen LogP contribution in [0.15, 0.2) is 35.9 Å². The highest BCUT2D eigenvalue weighted by atomic mass is 35.5. The van der Waals surface area contributed by atoms with E-state index in [2.05, 4.69) is 4.74 Å². The number of halogens is 5. The summed E-state index contributed by atoms with van der Waals surface area (Å²) in [5.74, 6) is -0.926. The Morgan fingerprint density at radius 3 is 2.41 bits per heavy atom. The highest BCUT2D eigenvalue weighted by molar-refractivity contribution is 6.33. The average Bonchev–Trinajstić information content (AvgIpc) is 2.67. The second-order valence-electron chi connectivity index (χ2n) is 6.17. The van der Waals surface area contributed by atoms with Gasteiger partial charge in [-0.2, -0.15) is 13.2 Å². The summed E-state index contributed by atoms with van der Waals surface area (Å²) in [6, 6.07) is 7.76. The first-order valence-corrected chi connectivity index (χ1v) is 9.22. The van der Waals surface area contributed by atoms with Crippen LogP contribution in [0.4, 0.5) is 13.2 Å². The van der Waals surface area contributed by atoms with E-state index in [4.69, 9.17) is 32.7 Å². The fraction of sp³-hybridized carbons (Fsp3) is 0.250. The van der Waals surface area contributed by atoms with Crippen molar-refractivity contribution in [3.05, 3.63) is 57.1 Å². The van der Waals surface area contributed by atoms with Crippen molar-refractivity contribution in [3.63, 3.8) is 0 Å². The Hall–Kier alpha value is -2.38. The van der Waals surface area contributed by atoms with Gasteiger partial charge in [0.2, 0.25) is 6.10 Å². The maximum Gasteiger partial charge on any atom is 0.430 e. The predicted octanol–water partition coefficient (Wildman–Crippen LogP) is 6.23. The molecule has 1 heterocycles. The number of carbonyl (C=O) groups excluding carboxylic acids is 1. The van der Waals surface area contributed by atoms with Crippen LogP contribution in [0.25, 0.3) is 6.08 Å². The maximum absolute atomic E-state index is 13.4. The number of carbonyl (C=O) groups is 1. The molecule has 4 nitrogen and oxygen atoms in total. The van der Waals surface area contributed by atoms with Crippen LogP contribution < -0.4 is 9.47 Å². The van der Waals surface area contributed by atoms with Gasteiger partial charge in [-0.15, -0.1) is 0 Å². The highest BCUT2D eigenvalue weighted by Crippen LogP contribution is 2.43. The average molecular weight is 447 g/mol. The quantitative estimate of drug-likeness (QED) is 0.522. The topological polar surface area (TPSA) is 44.8 Å². The molecule has 0 fully saturated rings. The third kappa shape index (κ3) is 4.46. The first-order valence-electron chi connectivity index (χ1n) is 8.47. The molecule has 0 aliphatic carbocycles. The van der Waals surface area contributed by atoms with E-state index < -0.39 is 23.8 Å². The summed E-state index contributed by atoms with van der Waals surface area (Å²) in [4.78, 5) is 11.8. The van der Waals surface area contributed by atoms with Gasteiger partial charge in [0.05, 0.1) is 22.7 Å². The number of methoxy groups -OCH3 is 1. The molecule has 154 valence electrons. The van der Waals surface area contributed by atoms with Crippen molar-refractivity contribution in [1.82, 2.24) is 0 Å². The van der Waals surface area contributed by atoms with Crippen LogP contribution in [0.5, 0.6) is 17.2 Å². The number of ether oxygens (including phenoxy) is 3. The Kier molecular flexibility index (Phi) is 6.00. The van der Waals surface area contributed by atoms with Crippen molar-refractivity contribution >= 4 is 35.2 Å². The third-order valence-electron chi connectivity index (χ3n) is 4.25. The van der Waals surface area contributed by atoms with Gasteiger partial charge >= 0.3 is 12.1 Å². The maximum atomic E-state index is 13.4. The fourth-order valence-electron chi connectivity index (χ4n) is 2.77. The lowest BCUT2D eigenvalue weighted by Gasteiger charge is -2.28. The van der Waals surface area contributed by atoms with E-state index >= 15 is 0 Å². The summed E-state index contributed by atoms with van der Waals surface area (Å²) in [6.07, 6.45) is -5.47. The minimum atomic E-state index is -4.82. The number of alkyl halides is 3. The van der Waals surface area contributed by atoms with Gasteiger partial charge in [0.25, 0.3) is 0 Å². The molecule has 1 atom stereocenters. The molecule has 3 rings (SSSR count). The fourth-order valence-corrected chi connectivity index (χ4v) is 3.22. The molecule has 1 unspecified atom stereocenters. The first-order chi connectivity index (χ1) is 13.6. The summed E-state index contributed by atoms with van der Waals surface area (Å²) in [5.41, 5.74) is 0.516. The van der Waals surface area contributed by atoms with Crippen molar-refractivity contribution < 1.29 is 32.2 Å². The lowest BCUT2D eigenvalue weighted by molar-refractivity contribution is -0.187. The zero-order valence-corrected chi connectivity index (χ0v) is 16.8. The molecule has 2 aromatic carbocycles.